The van der Waals surface area contributed by atoms with Crippen molar-refractivity contribution in [3.05, 3.63) is 90.6 Å². The Hall–Kier alpha value is -3.77. The molecule has 2 aliphatic rings. The van der Waals surface area contributed by atoms with E-state index in [-0.39, 0.29) is 17.9 Å². The molecule has 37 heavy (non-hydrogen) atoms. The fraction of sp³-hybridized carbons (Fsp3) is 0.323. The minimum absolute atomic E-state index is 0.0961. The highest BCUT2D eigenvalue weighted by atomic mass is 16.5. The summed E-state index contributed by atoms with van der Waals surface area (Å²) in [4.78, 5) is 21.9. The summed E-state index contributed by atoms with van der Waals surface area (Å²) in [6.07, 6.45) is 4.36. The number of ketones is 1. The molecule has 3 heterocycles. The van der Waals surface area contributed by atoms with Gasteiger partial charge in [-0.1, -0.05) is 42.5 Å². The number of hydrogen-bond acceptors (Lipinski definition) is 5. The van der Waals surface area contributed by atoms with Gasteiger partial charge in [0.25, 0.3) is 0 Å². The van der Waals surface area contributed by atoms with E-state index < -0.39 is 0 Å². The summed E-state index contributed by atoms with van der Waals surface area (Å²) < 4.78 is 5.89. The Morgan fingerprint density at radius 1 is 0.919 bits per heavy atom. The molecule has 2 N–H and O–H groups in total. The minimum atomic E-state index is -0.169. The number of aryl methyl sites for hydroxylation is 1. The van der Waals surface area contributed by atoms with Crippen molar-refractivity contribution in [1.29, 1.82) is 0 Å². The molecule has 2 atom stereocenters. The van der Waals surface area contributed by atoms with Gasteiger partial charge in [0.2, 0.25) is 0 Å². The highest BCUT2D eigenvalue weighted by Gasteiger charge is 2.36. The lowest BCUT2D eigenvalue weighted by Gasteiger charge is -2.44. The molecule has 0 spiro atoms. The second kappa shape index (κ2) is 10.7. The van der Waals surface area contributed by atoms with Crippen molar-refractivity contribution in [3.8, 4) is 5.75 Å². The van der Waals surface area contributed by atoms with Crippen LogP contribution in [0, 0.1) is 0 Å². The van der Waals surface area contributed by atoms with Crippen LogP contribution in [-0.2, 0) is 11.2 Å². The van der Waals surface area contributed by atoms with Crippen LogP contribution in [-0.4, -0.2) is 60.5 Å². The van der Waals surface area contributed by atoms with Crippen LogP contribution < -0.4 is 15.0 Å². The second-order valence-electron chi connectivity index (χ2n) is 10.0. The number of piperazine rings is 1. The van der Waals surface area contributed by atoms with Crippen LogP contribution >= 0.6 is 0 Å². The van der Waals surface area contributed by atoms with Gasteiger partial charge in [-0.05, 0) is 54.8 Å². The van der Waals surface area contributed by atoms with E-state index >= 15 is 0 Å². The fourth-order valence-electron chi connectivity index (χ4n) is 5.90. The topological polar surface area (TPSA) is 60.6 Å². The van der Waals surface area contributed by atoms with Crippen LogP contribution in [0.3, 0.4) is 0 Å². The van der Waals surface area contributed by atoms with E-state index in [1.807, 2.05) is 36.5 Å². The Morgan fingerprint density at radius 2 is 1.73 bits per heavy atom. The molecule has 190 valence electrons. The standard InChI is InChI=1S/C31H34N4O2/c36-30(16-22-37-24-8-2-1-3-9-24)31(28-14-13-23-7-4-5-10-26(23)33-28)35-20-18-34(19-21-35)29-12-6-11-27-25(29)15-17-32-27/h1-12,15,17,28,31-33H,13-14,16,18-22H2. The van der Waals surface area contributed by atoms with Crippen LogP contribution in [0.1, 0.15) is 18.4 Å². The van der Waals surface area contributed by atoms with Crippen LogP contribution in [0.5, 0.6) is 5.75 Å². The summed E-state index contributed by atoms with van der Waals surface area (Å²) in [6.45, 7) is 3.92. The van der Waals surface area contributed by atoms with Gasteiger partial charge in [-0.15, -0.1) is 0 Å². The van der Waals surface area contributed by atoms with Gasteiger partial charge in [0.15, 0.2) is 5.78 Å². The molecule has 0 bridgehead atoms. The summed E-state index contributed by atoms with van der Waals surface area (Å²) in [6, 6.07) is 26.7. The molecule has 1 saturated heterocycles. The van der Waals surface area contributed by atoms with Gasteiger partial charge in [0.1, 0.15) is 5.75 Å². The van der Waals surface area contributed by atoms with Crippen molar-refractivity contribution >= 4 is 28.1 Å². The first-order chi connectivity index (χ1) is 18.3. The van der Waals surface area contributed by atoms with Crippen molar-refractivity contribution in [2.24, 2.45) is 0 Å². The van der Waals surface area contributed by atoms with Gasteiger partial charge < -0.3 is 19.9 Å². The number of aromatic amines is 1. The number of rotatable bonds is 8. The summed E-state index contributed by atoms with van der Waals surface area (Å²) >= 11 is 0. The fourth-order valence-corrected chi connectivity index (χ4v) is 5.90. The number of carbonyl (C=O) groups excluding carboxylic acids is 1. The number of nitrogens with zero attached hydrogens (tertiary/aromatic N) is 2. The molecule has 1 fully saturated rings. The summed E-state index contributed by atoms with van der Waals surface area (Å²) in [5, 5.41) is 4.98. The predicted octanol–water partition coefficient (Wildman–Crippen LogP) is 5.12. The molecule has 2 aliphatic heterocycles. The maximum absolute atomic E-state index is 13.8. The van der Waals surface area contributed by atoms with Crippen LogP contribution in [0.2, 0.25) is 0 Å². The first-order valence-corrected chi connectivity index (χ1v) is 13.4. The van der Waals surface area contributed by atoms with Gasteiger partial charge in [-0.25, -0.2) is 0 Å². The van der Waals surface area contributed by atoms with E-state index in [9.17, 15) is 4.79 Å². The molecule has 6 heteroatoms. The lowest BCUT2D eigenvalue weighted by Crippen LogP contribution is -2.59. The number of benzene rings is 3. The van der Waals surface area contributed by atoms with Crippen LogP contribution in [0.25, 0.3) is 10.9 Å². The van der Waals surface area contributed by atoms with E-state index in [4.69, 9.17) is 4.74 Å². The number of H-pyrrole nitrogens is 1. The zero-order chi connectivity index (χ0) is 25.0. The van der Waals surface area contributed by atoms with Gasteiger partial charge in [0, 0.05) is 67.1 Å². The average molecular weight is 495 g/mol. The van der Waals surface area contributed by atoms with Crippen molar-refractivity contribution < 1.29 is 9.53 Å². The Bertz CT molecular complexity index is 1340. The Morgan fingerprint density at radius 3 is 2.59 bits per heavy atom. The van der Waals surface area contributed by atoms with Crippen molar-refractivity contribution in [3.63, 3.8) is 0 Å². The number of Topliss-reactive ketones (excluding diaryl/α,β-unsaturated/α-hetero) is 1. The smallest absolute Gasteiger partial charge is 0.155 e. The van der Waals surface area contributed by atoms with Gasteiger partial charge in [-0.2, -0.15) is 0 Å². The SMILES string of the molecule is O=C(CCOc1ccccc1)C(C1CCc2ccccc2N1)N1CCN(c2cccc3[nH]ccc23)CC1. The summed E-state index contributed by atoms with van der Waals surface area (Å²) in [7, 11) is 0. The number of ether oxygens (including phenoxy) is 1. The van der Waals surface area contributed by atoms with E-state index in [0.29, 0.717) is 13.0 Å². The van der Waals surface area contributed by atoms with Gasteiger partial charge in [-0.3, -0.25) is 9.69 Å². The molecule has 6 nitrogen and oxygen atoms in total. The molecule has 2 unspecified atom stereocenters. The van der Waals surface area contributed by atoms with Crippen molar-refractivity contribution in [2.75, 3.05) is 43.0 Å². The number of carbonyl (C=O) groups is 1. The molecule has 0 saturated carbocycles. The molecule has 4 aromatic rings. The zero-order valence-corrected chi connectivity index (χ0v) is 21.1. The highest BCUT2D eigenvalue weighted by Crippen LogP contribution is 2.30. The molecule has 1 aromatic heterocycles. The number of aromatic nitrogens is 1. The number of nitrogens with one attached hydrogen (secondary N) is 2. The number of hydrogen-bond donors (Lipinski definition) is 2. The Labute approximate surface area is 218 Å². The predicted molar refractivity (Wildman–Crippen MR) is 150 cm³/mol. The molecule has 3 aromatic carbocycles. The quantitative estimate of drug-likeness (QED) is 0.356. The Balaban J connectivity index is 1.17. The van der Waals surface area contributed by atoms with E-state index in [2.05, 4.69) is 68.6 Å². The third-order valence-corrected chi connectivity index (χ3v) is 7.77. The highest BCUT2D eigenvalue weighted by molar-refractivity contribution is 5.92. The second-order valence-corrected chi connectivity index (χ2v) is 10.0. The first kappa shape index (κ1) is 23.6. The molecular formula is C31H34N4O2. The average Bonchev–Trinajstić information content (AvgIpc) is 3.44. The maximum atomic E-state index is 13.8. The molecule has 0 aliphatic carbocycles. The largest absolute Gasteiger partial charge is 0.493 e. The van der Waals surface area contributed by atoms with Crippen LogP contribution in [0.4, 0.5) is 11.4 Å². The van der Waals surface area contributed by atoms with Gasteiger partial charge >= 0.3 is 0 Å². The van der Waals surface area contributed by atoms with E-state index in [1.165, 1.54) is 16.6 Å². The first-order valence-electron chi connectivity index (χ1n) is 13.4. The van der Waals surface area contributed by atoms with E-state index in [0.717, 1.165) is 56.0 Å². The monoisotopic (exact) mass is 494 g/mol. The van der Waals surface area contributed by atoms with Crippen molar-refractivity contribution in [2.45, 2.75) is 31.3 Å². The molecule has 6 rings (SSSR count). The molecule has 0 amide bonds. The summed E-state index contributed by atoms with van der Waals surface area (Å²) in [5.41, 5.74) is 4.93. The number of para-hydroxylation sites is 2. The number of anilines is 2. The lowest BCUT2D eigenvalue weighted by atomic mass is 9.89. The van der Waals surface area contributed by atoms with Gasteiger partial charge in [0.05, 0.1) is 12.6 Å². The Kier molecular flexibility index (Phi) is 6.82. The van der Waals surface area contributed by atoms with E-state index in [1.54, 1.807) is 0 Å². The number of fused-ring (bicyclic) bond motifs is 2. The van der Waals surface area contributed by atoms with Crippen molar-refractivity contribution in [1.82, 2.24) is 9.88 Å². The maximum Gasteiger partial charge on any atom is 0.155 e. The van der Waals surface area contributed by atoms with Crippen LogP contribution in [0.15, 0.2) is 85.1 Å². The third-order valence-electron chi connectivity index (χ3n) is 7.77. The summed E-state index contributed by atoms with van der Waals surface area (Å²) in [5.74, 6) is 1.07. The minimum Gasteiger partial charge on any atom is -0.493 e. The molecular weight excluding hydrogens is 460 g/mol. The molecule has 0 radical (unpaired) electrons. The lowest BCUT2D eigenvalue weighted by molar-refractivity contribution is -0.125. The normalized spacial score (nSPS) is 18.7. The zero-order valence-electron chi connectivity index (χ0n) is 21.1. The third kappa shape index (κ3) is 5.07.